The van der Waals surface area contributed by atoms with E-state index in [2.05, 4.69) is 10.6 Å². The van der Waals surface area contributed by atoms with Gasteiger partial charge >= 0.3 is 6.03 Å². The smallest absolute Gasteiger partial charge is 0.324 e. The summed E-state index contributed by atoms with van der Waals surface area (Å²) in [6.07, 6.45) is 0.402. The molecule has 2 N–H and O–H groups in total. The van der Waals surface area contributed by atoms with Crippen LogP contribution in [0.2, 0.25) is 0 Å². The summed E-state index contributed by atoms with van der Waals surface area (Å²) in [5, 5.41) is 5.44. The number of benzene rings is 1. The van der Waals surface area contributed by atoms with Crippen molar-refractivity contribution in [3.63, 3.8) is 0 Å². The summed E-state index contributed by atoms with van der Waals surface area (Å²) >= 11 is 0. The van der Waals surface area contributed by atoms with E-state index in [1.807, 2.05) is 20.8 Å². The van der Waals surface area contributed by atoms with Gasteiger partial charge < -0.3 is 10.6 Å². The molecule has 1 heterocycles. The van der Waals surface area contributed by atoms with Crippen molar-refractivity contribution in [1.29, 1.82) is 0 Å². The number of urea groups is 1. The van der Waals surface area contributed by atoms with Crippen molar-refractivity contribution in [2.75, 3.05) is 12.4 Å². The summed E-state index contributed by atoms with van der Waals surface area (Å²) in [6, 6.07) is 5.85. The molecule has 1 aliphatic heterocycles. The number of rotatable bonds is 3. The first kappa shape index (κ1) is 16.0. The summed E-state index contributed by atoms with van der Waals surface area (Å²) in [5.41, 5.74) is 1.17. The Labute approximate surface area is 129 Å². The maximum atomic E-state index is 12.0. The molecule has 6 nitrogen and oxygen atoms in total. The van der Waals surface area contributed by atoms with Crippen molar-refractivity contribution in [3.05, 3.63) is 29.8 Å². The normalized spacial score (nSPS) is 18.4. The number of nitrogens with one attached hydrogen (secondary N) is 2. The van der Waals surface area contributed by atoms with Crippen molar-refractivity contribution >= 4 is 23.5 Å². The molecule has 0 spiro atoms. The van der Waals surface area contributed by atoms with E-state index in [1.165, 1.54) is 7.05 Å². The van der Waals surface area contributed by atoms with E-state index in [9.17, 15) is 14.4 Å². The molecule has 118 valence electrons. The van der Waals surface area contributed by atoms with Crippen LogP contribution in [0.4, 0.5) is 10.5 Å². The highest BCUT2D eigenvalue weighted by atomic mass is 16.2. The molecule has 0 aromatic heterocycles. The molecule has 2 rings (SSSR count). The summed E-state index contributed by atoms with van der Waals surface area (Å²) in [4.78, 5) is 36.5. The van der Waals surface area contributed by atoms with Gasteiger partial charge in [-0.15, -0.1) is 0 Å². The fraction of sp³-hybridized carbons (Fsp3) is 0.438. The van der Waals surface area contributed by atoms with Gasteiger partial charge in [-0.05, 0) is 23.1 Å². The molecule has 0 saturated carbocycles. The third kappa shape index (κ3) is 3.63. The maximum absolute atomic E-state index is 12.0. The number of nitrogens with zero attached hydrogens (tertiary/aromatic N) is 1. The number of carbonyl (C=O) groups is 3. The van der Waals surface area contributed by atoms with Gasteiger partial charge in [0, 0.05) is 19.2 Å². The lowest BCUT2D eigenvalue weighted by atomic mass is 9.92. The molecule has 1 aromatic rings. The van der Waals surface area contributed by atoms with Gasteiger partial charge in [0.25, 0.3) is 5.91 Å². The fourth-order valence-corrected chi connectivity index (χ4v) is 2.28. The molecule has 1 aliphatic rings. The zero-order valence-electron chi connectivity index (χ0n) is 13.3. The van der Waals surface area contributed by atoms with Crippen molar-refractivity contribution in [1.82, 2.24) is 10.2 Å². The molecule has 6 heteroatoms. The first-order valence-electron chi connectivity index (χ1n) is 7.15. The average molecular weight is 303 g/mol. The van der Waals surface area contributed by atoms with Crippen molar-refractivity contribution in [2.24, 2.45) is 5.41 Å². The fourth-order valence-electron chi connectivity index (χ4n) is 2.28. The van der Waals surface area contributed by atoms with Gasteiger partial charge in [-0.2, -0.15) is 0 Å². The Morgan fingerprint density at radius 1 is 1.32 bits per heavy atom. The minimum absolute atomic E-state index is 0.0800. The van der Waals surface area contributed by atoms with E-state index < -0.39 is 12.1 Å². The second-order valence-electron chi connectivity index (χ2n) is 6.69. The minimum atomic E-state index is -0.697. The summed E-state index contributed by atoms with van der Waals surface area (Å²) < 4.78 is 0. The first-order chi connectivity index (χ1) is 10.2. The Bertz CT molecular complexity index is 619. The van der Waals surface area contributed by atoms with Gasteiger partial charge in [-0.3, -0.25) is 14.5 Å². The number of hydrogen-bond donors (Lipinski definition) is 2. The van der Waals surface area contributed by atoms with E-state index in [0.29, 0.717) is 17.7 Å². The quantitative estimate of drug-likeness (QED) is 0.841. The topological polar surface area (TPSA) is 78.5 Å². The van der Waals surface area contributed by atoms with Crippen LogP contribution >= 0.6 is 0 Å². The largest absolute Gasteiger partial charge is 0.326 e. The van der Waals surface area contributed by atoms with Crippen LogP contribution in [0.3, 0.4) is 0 Å². The molecule has 1 atom stereocenters. The summed E-state index contributed by atoms with van der Waals surface area (Å²) in [5.74, 6) is -0.383. The Kier molecular flexibility index (Phi) is 4.21. The number of likely N-dealkylation sites (N-methyl/N-ethyl adjacent to an activating group) is 1. The van der Waals surface area contributed by atoms with E-state index in [0.717, 1.165) is 4.90 Å². The molecule has 1 unspecified atom stereocenters. The lowest BCUT2D eigenvalue weighted by Crippen LogP contribution is -2.25. The van der Waals surface area contributed by atoms with Crippen LogP contribution in [0.1, 0.15) is 38.8 Å². The third-order valence-electron chi connectivity index (χ3n) is 3.34. The molecule has 0 aliphatic carbocycles. The number of amides is 4. The van der Waals surface area contributed by atoms with Crippen LogP contribution in [0.15, 0.2) is 24.3 Å². The van der Waals surface area contributed by atoms with Gasteiger partial charge in [0.05, 0.1) is 0 Å². The number of hydrogen-bond acceptors (Lipinski definition) is 3. The van der Waals surface area contributed by atoms with E-state index in [1.54, 1.807) is 24.3 Å². The van der Waals surface area contributed by atoms with Crippen LogP contribution in [0, 0.1) is 5.41 Å². The second kappa shape index (κ2) is 5.79. The predicted molar refractivity (Wildman–Crippen MR) is 83.2 cm³/mol. The standard InChI is InChI=1S/C16H21N3O3/c1-16(2,3)9-12(20)17-11-7-5-6-10(8-11)13-14(21)19(4)15(22)18-13/h5-8,13H,9H2,1-4H3,(H,17,20)(H,18,22). The molecule has 4 amide bonds. The van der Waals surface area contributed by atoms with E-state index in [-0.39, 0.29) is 17.2 Å². The molecule has 1 fully saturated rings. The molecule has 0 bridgehead atoms. The van der Waals surface area contributed by atoms with Crippen molar-refractivity contribution in [3.8, 4) is 0 Å². The van der Waals surface area contributed by atoms with Crippen LogP contribution in [-0.4, -0.2) is 29.8 Å². The van der Waals surface area contributed by atoms with Crippen LogP contribution in [0.5, 0.6) is 0 Å². The van der Waals surface area contributed by atoms with Crippen LogP contribution in [0.25, 0.3) is 0 Å². The molecular formula is C16H21N3O3. The molecule has 1 aromatic carbocycles. The highest BCUT2D eigenvalue weighted by Gasteiger charge is 2.36. The van der Waals surface area contributed by atoms with Gasteiger partial charge in [0.2, 0.25) is 5.91 Å². The summed E-state index contributed by atoms with van der Waals surface area (Å²) in [6.45, 7) is 5.97. The predicted octanol–water partition coefficient (Wildman–Crippen LogP) is 2.28. The van der Waals surface area contributed by atoms with Gasteiger partial charge in [0.15, 0.2) is 0 Å². The average Bonchev–Trinajstić information content (AvgIpc) is 2.64. The van der Waals surface area contributed by atoms with Gasteiger partial charge in [0.1, 0.15) is 6.04 Å². The van der Waals surface area contributed by atoms with Crippen LogP contribution in [-0.2, 0) is 9.59 Å². The van der Waals surface area contributed by atoms with Crippen molar-refractivity contribution in [2.45, 2.75) is 33.2 Å². The third-order valence-corrected chi connectivity index (χ3v) is 3.34. The molecular weight excluding hydrogens is 282 g/mol. The van der Waals surface area contributed by atoms with E-state index >= 15 is 0 Å². The van der Waals surface area contributed by atoms with Crippen LogP contribution < -0.4 is 10.6 Å². The second-order valence-corrected chi connectivity index (χ2v) is 6.69. The van der Waals surface area contributed by atoms with Gasteiger partial charge in [-0.25, -0.2) is 4.79 Å². The number of anilines is 1. The number of carbonyl (C=O) groups excluding carboxylic acids is 3. The molecule has 0 radical (unpaired) electrons. The monoisotopic (exact) mass is 303 g/mol. The Balaban J connectivity index is 2.13. The van der Waals surface area contributed by atoms with Gasteiger partial charge in [-0.1, -0.05) is 32.9 Å². The highest BCUT2D eigenvalue weighted by molar-refractivity contribution is 6.04. The first-order valence-corrected chi connectivity index (χ1v) is 7.15. The Morgan fingerprint density at radius 2 is 2.00 bits per heavy atom. The molecule has 22 heavy (non-hydrogen) atoms. The number of imide groups is 1. The SMILES string of the molecule is CN1C(=O)NC(c2cccc(NC(=O)CC(C)(C)C)c2)C1=O. The zero-order valence-corrected chi connectivity index (χ0v) is 13.3. The summed E-state index contributed by atoms with van der Waals surface area (Å²) in [7, 11) is 1.44. The zero-order chi connectivity index (χ0) is 16.5. The Morgan fingerprint density at radius 3 is 2.55 bits per heavy atom. The lowest BCUT2D eigenvalue weighted by molar-refractivity contribution is -0.126. The highest BCUT2D eigenvalue weighted by Crippen LogP contribution is 2.24. The van der Waals surface area contributed by atoms with E-state index in [4.69, 9.17) is 0 Å². The molecule has 1 saturated heterocycles. The Hall–Kier alpha value is -2.37. The lowest BCUT2D eigenvalue weighted by Gasteiger charge is -2.17. The minimum Gasteiger partial charge on any atom is -0.326 e. The maximum Gasteiger partial charge on any atom is 0.324 e. The van der Waals surface area contributed by atoms with Crippen molar-refractivity contribution < 1.29 is 14.4 Å².